The first-order valence-corrected chi connectivity index (χ1v) is 11.2. The van der Waals surface area contributed by atoms with Crippen LogP contribution < -0.4 is 5.32 Å². The molecule has 1 unspecified atom stereocenters. The number of aliphatic imine (C=N–C) groups is 1. The van der Waals surface area contributed by atoms with Gasteiger partial charge in [-0.2, -0.15) is 0 Å². The zero-order valence-electron chi connectivity index (χ0n) is 18.7. The summed E-state index contributed by atoms with van der Waals surface area (Å²) in [6.45, 7) is 8.77. The van der Waals surface area contributed by atoms with E-state index in [2.05, 4.69) is 11.4 Å². The summed E-state index contributed by atoms with van der Waals surface area (Å²) >= 11 is 1.34. The quantitative estimate of drug-likeness (QED) is 0.688. The molecule has 0 aliphatic carbocycles. The average molecular weight is 440 g/mol. The molecule has 2 aromatic carbocycles. The van der Waals surface area contributed by atoms with Gasteiger partial charge in [0.05, 0.1) is 18.8 Å². The van der Waals surface area contributed by atoms with Gasteiger partial charge in [-0.15, -0.1) is 0 Å². The number of carbonyl (C=O) groups is 2. The summed E-state index contributed by atoms with van der Waals surface area (Å²) in [6.07, 6.45) is 0.0895. The fourth-order valence-electron chi connectivity index (χ4n) is 3.39. The normalized spacial score (nSPS) is 17.5. The first kappa shape index (κ1) is 23.0. The number of methoxy groups -OCH3 is 1. The number of nitrogens with zero attached hydrogens (tertiary/aromatic N) is 2. The van der Waals surface area contributed by atoms with Gasteiger partial charge in [-0.3, -0.25) is 14.5 Å². The predicted octanol–water partition coefficient (Wildman–Crippen LogP) is 4.53. The molecule has 0 spiro atoms. The standard InChI is InChI=1S/C24H29N3O3S/c1-15-7-9-19(18(4)12-15)26-24-27(10-11-30-5)23(29)21(31-24)14-22(28)25-20-13-16(2)6-8-17(20)3/h6-9,12-13,21H,10-11,14H2,1-5H3,(H,25,28). The van der Waals surface area contributed by atoms with Crippen molar-refractivity contribution in [2.24, 2.45) is 4.99 Å². The lowest BCUT2D eigenvalue weighted by Gasteiger charge is -2.16. The molecule has 1 fully saturated rings. The molecule has 0 radical (unpaired) electrons. The Hall–Kier alpha value is -2.64. The largest absolute Gasteiger partial charge is 0.383 e. The molecular formula is C24H29N3O3S. The average Bonchev–Trinajstić information content (AvgIpc) is 2.99. The molecule has 7 heteroatoms. The van der Waals surface area contributed by atoms with Crippen molar-refractivity contribution in [2.45, 2.75) is 39.4 Å². The van der Waals surface area contributed by atoms with E-state index in [9.17, 15) is 9.59 Å². The van der Waals surface area contributed by atoms with Crippen LogP contribution >= 0.6 is 11.8 Å². The Bertz CT molecular complexity index is 1020. The molecule has 2 amide bonds. The Balaban J connectivity index is 1.78. The van der Waals surface area contributed by atoms with Gasteiger partial charge in [-0.1, -0.05) is 41.6 Å². The minimum atomic E-state index is -0.508. The van der Waals surface area contributed by atoms with Gasteiger partial charge >= 0.3 is 0 Å². The number of carbonyl (C=O) groups excluding carboxylic acids is 2. The van der Waals surface area contributed by atoms with Gasteiger partial charge < -0.3 is 10.1 Å². The highest BCUT2D eigenvalue weighted by Gasteiger charge is 2.39. The van der Waals surface area contributed by atoms with Crippen LogP contribution in [0.4, 0.5) is 11.4 Å². The molecule has 1 N–H and O–H groups in total. The number of amides is 2. The number of aryl methyl sites for hydroxylation is 4. The van der Waals surface area contributed by atoms with Crippen LogP contribution in [0.2, 0.25) is 0 Å². The van der Waals surface area contributed by atoms with Crippen LogP contribution in [0.15, 0.2) is 41.4 Å². The van der Waals surface area contributed by atoms with E-state index >= 15 is 0 Å². The van der Waals surface area contributed by atoms with Crippen molar-refractivity contribution >= 4 is 40.1 Å². The molecule has 1 saturated heterocycles. The molecule has 1 atom stereocenters. The molecule has 1 heterocycles. The maximum absolute atomic E-state index is 13.0. The highest BCUT2D eigenvalue weighted by Crippen LogP contribution is 2.33. The van der Waals surface area contributed by atoms with E-state index in [1.807, 2.05) is 58.0 Å². The molecule has 3 rings (SSSR count). The van der Waals surface area contributed by atoms with Crippen molar-refractivity contribution in [3.05, 3.63) is 58.7 Å². The summed E-state index contributed by atoms with van der Waals surface area (Å²) in [5, 5.41) is 3.05. The second kappa shape index (κ2) is 10.1. The summed E-state index contributed by atoms with van der Waals surface area (Å²) in [5.74, 6) is -0.291. The summed E-state index contributed by atoms with van der Waals surface area (Å²) in [7, 11) is 1.60. The molecule has 164 valence electrons. The first-order valence-electron chi connectivity index (χ1n) is 10.3. The molecule has 0 aromatic heterocycles. The molecular weight excluding hydrogens is 410 g/mol. The van der Waals surface area contributed by atoms with Crippen molar-refractivity contribution in [1.82, 2.24) is 4.90 Å². The second-order valence-corrected chi connectivity index (χ2v) is 9.01. The third kappa shape index (κ3) is 5.74. The topological polar surface area (TPSA) is 71.0 Å². The molecule has 1 aliphatic rings. The van der Waals surface area contributed by atoms with Crippen molar-refractivity contribution < 1.29 is 14.3 Å². The third-order valence-electron chi connectivity index (χ3n) is 5.15. The number of rotatable bonds is 7. The maximum Gasteiger partial charge on any atom is 0.242 e. The SMILES string of the molecule is COCCN1C(=O)C(CC(=O)Nc2cc(C)ccc2C)SC1=Nc1ccc(C)cc1C. The fraction of sp³-hybridized carbons (Fsp3) is 0.375. The summed E-state index contributed by atoms with van der Waals surface area (Å²) < 4.78 is 5.17. The first-order chi connectivity index (χ1) is 14.8. The minimum absolute atomic E-state index is 0.0895. The van der Waals surface area contributed by atoms with Crippen LogP contribution in [0, 0.1) is 27.7 Å². The van der Waals surface area contributed by atoms with Crippen molar-refractivity contribution in [3.8, 4) is 0 Å². The molecule has 6 nitrogen and oxygen atoms in total. The summed E-state index contributed by atoms with van der Waals surface area (Å²) in [6, 6.07) is 11.9. The number of hydrogen-bond donors (Lipinski definition) is 1. The predicted molar refractivity (Wildman–Crippen MR) is 127 cm³/mol. The number of hydrogen-bond acceptors (Lipinski definition) is 5. The van der Waals surface area contributed by atoms with Gasteiger partial charge in [0.15, 0.2) is 5.17 Å². The lowest BCUT2D eigenvalue weighted by molar-refractivity contribution is -0.128. The van der Waals surface area contributed by atoms with E-state index in [1.165, 1.54) is 11.8 Å². The van der Waals surface area contributed by atoms with Crippen LogP contribution in [0.5, 0.6) is 0 Å². The number of thioether (sulfide) groups is 1. The zero-order valence-corrected chi connectivity index (χ0v) is 19.5. The van der Waals surface area contributed by atoms with E-state index < -0.39 is 5.25 Å². The Kier molecular flexibility index (Phi) is 7.51. The fourth-order valence-corrected chi connectivity index (χ4v) is 4.56. The second-order valence-electron chi connectivity index (χ2n) is 7.84. The van der Waals surface area contributed by atoms with E-state index in [4.69, 9.17) is 9.73 Å². The summed E-state index contributed by atoms with van der Waals surface area (Å²) in [4.78, 5) is 32.1. The van der Waals surface area contributed by atoms with Crippen molar-refractivity contribution in [2.75, 3.05) is 25.6 Å². The van der Waals surface area contributed by atoms with Gasteiger partial charge in [0.1, 0.15) is 5.25 Å². The van der Waals surface area contributed by atoms with Crippen LogP contribution in [0.3, 0.4) is 0 Å². The highest BCUT2D eigenvalue weighted by molar-refractivity contribution is 8.15. The van der Waals surface area contributed by atoms with Gasteiger partial charge in [-0.05, 0) is 56.5 Å². The lowest BCUT2D eigenvalue weighted by Crippen LogP contribution is -2.35. The lowest BCUT2D eigenvalue weighted by atomic mass is 10.1. The highest BCUT2D eigenvalue weighted by atomic mass is 32.2. The zero-order chi connectivity index (χ0) is 22.5. The van der Waals surface area contributed by atoms with Crippen LogP contribution in [-0.4, -0.2) is 47.4 Å². The van der Waals surface area contributed by atoms with Gasteiger partial charge in [-0.25, -0.2) is 4.99 Å². The third-order valence-corrected chi connectivity index (χ3v) is 6.32. The number of anilines is 1. The Morgan fingerprint density at radius 3 is 2.52 bits per heavy atom. The molecule has 0 saturated carbocycles. The number of amidine groups is 1. The number of nitrogens with one attached hydrogen (secondary N) is 1. The smallest absolute Gasteiger partial charge is 0.242 e. The Morgan fingerprint density at radius 1 is 1.10 bits per heavy atom. The van der Waals surface area contributed by atoms with E-state index in [-0.39, 0.29) is 18.2 Å². The van der Waals surface area contributed by atoms with E-state index in [0.717, 1.165) is 33.6 Å². The van der Waals surface area contributed by atoms with Crippen molar-refractivity contribution in [3.63, 3.8) is 0 Å². The Morgan fingerprint density at radius 2 is 1.81 bits per heavy atom. The van der Waals surface area contributed by atoms with Gasteiger partial charge in [0.2, 0.25) is 11.8 Å². The van der Waals surface area contributed by atoms with Crippen LogP contribution in [-0.2, 0) is 14.3 Å². The number of benzene rings is 2. The molecule has 2 aromatic rings. The Labute approximate surface area is 188 Å². The summed E-state index contributed by atoms with van der Waals surface area (Å²) in [5.41, 5.74) is 5.87. The molecule has 1 aliphatic heterocycles. The van der Waals surface area contributed by atoms with E-state index in [1.54, 1.807) is 12.0 Å². The van der Waals surface area contributed by atoms with Crippen molar-refractivity contribution in [1.29, 1.82) is 0 Å². The minimum Gasteiger partial charge on any atom is -0.383 e. The van der Waals surface area contributed by atoms with Crippen LogP contribution in [0.25, 0.3) is 0 Å². The maximum atomic E-state index is 13.0. The van der Waals surface area contributed by atoms with Crippen LogP contribution in [0.1, 0.15) is 28.7 Å². The van der Waals surface area contributed by atoms with Gasteiger partial charge in [0, 0.05) is 19.2 Å². The molecule has 0 bridgehead atoms. The van der Waals surface area contributed by atoms with E-state index in [0.29, 0.717) is 18.3 Å². The number of ether oxygens (including phenoxy) is 1. The van der Waals surface area contributed by atoms with Gasteiger partial charge in [0.25, 0.3) is 0 Å². The monoisotopic (exact) mass is 439 g/mol. The molecule has 31 heavy (non-hydrogen) atoms.